The zero-order valence-corrected chi connectivity index (χ0v) is 54.1. The lowest BCUT2D eigenvalue weighted by atomic mass is 9.52. The first-order valence-electron chi connectivity index (χ1n) is 32.3. The fourth-order valence-electron chi connectivity index (χ4n) is 15.5. The van der Waals surface area contributed by atoms with Crippen LogP contribution in [0.5, 0.6) is 0 Å². The zero-order valence-electron chi connectivity index (χ0n) is 54.1. The fourth-order valence-corrected chi connectivity index (χ4v) is 15.5. The van der Waals surface area contributed by atoms with Crippen LogP contribution in [0.2, 0.25) is 0 Å². The van der Waals surface area contributed by atoms with E-state index in [2.05, 4.69) is 6.92 Å². The number of fused-ring (bicyclic) bond motifs is 3. The third-order valence-electron chi connectivity index (χ3n) is 22.4. The highest BCUT2D eigenvalue weighted by atomic mass is 19.4. The normalized spacial score (nSPS) is 34.7. The molecular weight excluding hydrogens is 1240 g/mol. The molecule has 0 amide bonds. The third kappa shape index (κ3) is 14.6. The van der Waals surface area contributed by atoms with Crippen molar-refractivity contribution in [2.75, 3.05) is 0 Å². The smallest absolute Gasteiger partial charge is 0.426 e. The van der Waals surface area contributed by atoms with Crippen LogP contribution in [-0.2, 0) is 57.1 Å². The molecule has 0 spiro atoms. The molecule has 5 aliphatic heterocycles. The summed E-state index contributed by atoms with van der Waals surface area (Å²) in [5, 5.41) is 29.9. The van der Waals surface area contributed by atoms with Crippen LogP contribution in [0.25, 0.3) is 0 Å². The van der Waals surface area contributed by atoms with Gasteiger partial charge < -0.3 is 48.5 Å². The topological polar surface area (TPSA) is 211 Å². The molecule has 3 N–H and O–H groups in total. The standard InChI is InChI=1S/C18H22F12O4.C17H28O3.C16H26O3.C13H18O5/c1-4-12(2,3)11(31)34-10-6-8(13(32,15(19,20)21)16(22,23)24)5-9(7-10)14(33,17(25,26)27)18(28,29)30;1-4-16(2,3)15(18)20-17(12-7-5-6-8-12)11-13-9-10-14(17)19-13;1-4-14(2,3)13(17)19-16-8-11-5-12(9-16)7-15(18,6-11)10-16;1-4-13(2,3)12(15)18-9-7-5-6-8(16-7)10(9)17-11(6)14/h8-10,32-33H,4-7H2,1-3H3;12-14H,4-11H2,1-3H3;11-12,18H,4-10H2,1-3H3;6-10H,4-5H2,1-3H3. The van der Waals surface area contributed by atoms with Crippen molar-refractivity contribution in [3.63, 3.8) is 0 Å². The largest absolute Gasteiger partial charge is 0.462 e. The molecule has 5 saturated heterocycles. The summed E-state index contributed by atoms with van der Waals surface area (Å²) in [7, 11) is 0. The summed E-state index contributed by atoms with van der Waals surface area (Å²) in [5.41, 5.74) is -15.5. The van der Waals surface area contributed by atoms with E-state index in [-0.39, 0.29) is 71.1 Å². The molecule has 0 aromatic rings. The van der Waals surface area contributed by atoms with Crippen LogP contribution in [0.4, 0.5) is 52.7 Å². The molecule has 5 heterocycles. The lowest BCUT2D eigenvalue weighted by Crippen LogP contribution is -2.67. The van der Waals surface area contributed by atoms with Crippen molar-refractivity contribution in [3.05, 3.63) is 0 Å². The van der Waals surface area contributed by atoms with E-state index in [1.807, 2.05) is 55.4 Å². The minimum absolute atomic E-state index is 0.0184. The van der Waals surface area contributed by atoms with Gasteiger partial charge in [-0.1, -0.05) is 40.5 Å². The molecule has 524 valence electrons. The van der Waals surface area contributed by atoms with Crippen LogP contribution in [0.1, 0.15) is 218 Å². The molecule has 12 atom stereocenters. The quantitative estimate of drug-likeness (QED) is 0.0791. The number of hydrogen-bond acceptors (Lipinski definition) is 15. The Bertz CT molecular complexity index is 2540. The Morgan fingerprint density at radius 2 is 0.967 bits per heavy atom. The van der Waals surface area contributed by atoms with Gasteiger partial charge in [0, 0.05) is 30.6 Å². The molecule has 11 rings (SSSR count). The van der Waals surface area contributed by atoms with E-state index in [0.29, 0.717) is 43.1 Å². The molecule has 0 aromatic heterocycles. The second-order valence-electron chi connectivity index (χ2n) is 30.5. The highest BCUT2D eigenvalue weighted by Crippen LogP contribution is 2.61. The molecule has 12 unspecified atom stereocenters. The van der Waals surface area contributed by atoms with Gasteiger partial charge in [0.2, 0.25) is 0 Å². The van der Waals surface area contributed by atoms with Gasteiger partial charge >= 0.3 is 54.6 Å². The molecule has 0 aromatic carbocycles. The molecule has 6 aliphatic carbocycles. The molecule has 11 aliphatic rings. The Balaban J connectivity index is 0.000000178. The van der Waals surface area contributed by atoms with Crippen LogP contribution >= 0.6 is 0 Å². The van der Waals surface area contributed by atoms with Crippen molar-refractivity contribution in [1.29, 1.82) is 0 Å². The summed E-state index contributed by atoms with van der Waals surface area (Å²) in [4.78, 5) is 60.8. The van der Waals surface area contributed by atoms with Gasteiger partial charge in [-0.05, 0) is 176 Å². The maximum atomic E-state index is 13.3. The van der Waals surface area contributed by atoms with Gasteiger partial charge in [0.05, 0.1) is 51.5 Å². The number of ether oxygens (including phenoxy) is 7. The van der Waals surface area contributed by atoms with Gasteiger partial charge in [0.15, 0.2) is 12.2 Å². The molecule has 6 saturated carbocycles. The van der Waals surface area contributed by atoms with E-state index in [0.717, 1.165) is 57.8 Å². The molecule has 11 fully saturated rings. The summed E-state index contributed by atoms with van der Waals surface area (Å²) < 4.78 is 199. The number of alkyl halides is 12. The zero-order chi connectivity index (χ0) is 68.7. The second kappa shape index (κ2) is 25.7. The van der Waals surface area contributed by atoms with Crippen molar-refractivity contribution < 1.29 is 125 Å². The number of esters is 5. The Morgan fingerprint density at radius 3 is 1.37 bits per heavy atom. The summed E-state index contributed by atoms with van der Waals surface area (Å²) in [6.07, 6.45) is -18.0. The fraction of sp³-hybridized carbons (Fsp3) is 0.922. The van der Waals surface area contributed by atoms with Crippen LogP contribution in [0, 0.1) is 57.2 Å². The summed E-state index contributed by atoms with van der Waals surface area (Å²) >= 11 is 0. The Morgan fingerprint density at radius 1 is 0.527 bits per heavy atom. The number of aliphatic hydroxyl groups is 3. The van der Waals surface area contributed by atoms with E-state index in [4.69, 9.17) is 33.2 Å². The Hall–Kier alpha value is -3.69. The first-order valence-corrected chi connectivity index (χ1v) is 32.3. The third-order valence-corrected chi connectivity index (χ3v) is 22.4. The lowest BCUT2D eigenvalue weighted by Gasteiger charge is -2.59. The van der Waals surface area contributed by atoms with Gasteiger partial charge in [-0.3, -0.25) is 24.0 Å². The van der Waals surface area contributed by atoms with Gasteiger partial charge in [0.1, 0.15) is 23.4 Å². The van der Waals surface area contributed by atoms with Crippen molar-refractivity contribution in [3.8, 4) is 0 Å². The highest BCUT2D eigenvalue weighted by Gasteiger charge is 2.79. The van der Waals surface area contributed by atoms with Gasteiger partial charge in [-0.25, -0.2) is 0 Å². The number of hydrogen-bond donors (Lipinski definition) is 3. The second-order valence-corrected chi connectivity index (χ2v) is 30.5. The molecule has 8 bridgehead atoms. The van der Waals surface area contributed by atoms with Crippen molar-refractivity contribution in [2.45, 2.75) is 313 Å². The minimum atomic E-state index is -6.58. The van der Waals surface area contributed by atoms with Gasteiger partial charge in [-0.2, -0.15) is 52.7 Å². The van der Waals surface area contributed by atoms with E-state index < -0.39 is 113 Å². The molecule has 27 heteroatoms. The number of carbonyl (C=O) groups is 5. The van der Waals surface area contributed by atoms with Crippen LogP contribution in [0.15, 0.2) is 0 Å². The van der Waals surface area contributed by atoms with E-state index >= 15 is 0 Å². The SMILES string of the molecule is CCC(C)(C)C(=O)OC1(C2CCCC2)CC2CCC1O2.CCC(C)(C)C(=O)OC12CC3CC(CC(O)(C3)C1)C2.CCC(C)(C)C(=O)OC1C2CC3C(=O)OC1C3O2.CCC(C)(C)C(=O)OC1CC(C(O)(C(F)(F)F)C(F)(F)F)CC(C(O)(C(F)(F)F)C(F)(F)F)C1. The van der Waals surface area contributed by atoms with Gasteiger partial charge in [0.25, 0.3) is 11.2 Å². The summed E-state index contributed by atoms with van der Waals surface area (Å²) in [5.74, 6) is -7.12. The molecule has 0 radical (unpaired) electrons. The number of carbonyl (C=O) groups excluding carboxylic acids is 5. The molecule has 15 nitrogen and oxygen atoms in total. The first-order chi connectivity index (χ1) is 41.4. The van der Waals surface area contributed by atoms with E-state index in [1.54, 1.807) is 0 Å². The van der Waals surface area contributed by atoms with Crippen molar-refractivity contribution in [2.24, 2.45) is 57.2 Å². The lowest BCUT2D eigenvalue weighted by molar-refractivity contribution is -0.405. The van der Waals surface area contributed by atoms with Crippen LogP contribution in [-0.4, -0.2) is 141 Å². The van der Waals surface area contributed by atoms with E-state index in [9.17, 15) is 92.0 Å². The van der Waals surface area contributed by atoms with Crippen molar-refractivity contribution >= 4 is 29.8 Å². The number of rotatable bonds is 15. The van der Waals surface area contributed by atoms with Gasteiger partial charge in [-0.15, -0.1) is 0 Å². The minimum Gasteiger partial charge on any atom is -0.462 e. The van der Waals surface area contributed by atoms with Crippen molar-refractivity contribution in [1.82, 2.24) is 0 Å². The first kappa shape index (κ1) is 74.7. The monoisotopic (exact) mass is 1330 g/mol. The van der Waals surface area contributed by atoms with Crippen LogP contribution in [0.3, 0.4) is 0 Å². The predicted molar refractivity (Wildman–Crippen MR) is 299 cm³/mol. The average molecular weight is 1330 g/mol. The average Bonchev–Trinajstić information content (AvgIpc) is 1.72. The Kier molecular flexibility index (Phi) is 21.1. The predicted octanol–water partition coefficient (Wildman–Crippen LogP) is 13.4. The summed E-state index contributed by atoms with van der Waals surface area (Å²) in [6, 6.07) is 0. The Labute approximate surface area is 524 Å². The molecule has 91 heavy (non-hydrogen) atoms. The maximum absolute atomic E-state index is 13.3. The summed E-state index contributed by atoms with van der Waals surface area (Å²) in [6.45, 7) is 21.4. The number of halogens is 12. The molecular formula is C64H94F12O15. The highest BCUT2D eigenvalue weighted by molar-refractivity contribution is 5.79. The van der Waals surface area contributed by atoms with Crippen LogP contribution < -0.4 is 0 Å². The maximum Gasteiger partial charge on any atom is 0.426 e. The van der Waals surface area contributed by atoms with E-state index in [1.165, 1.54) is 52.9 Å².